The molecule has 1 amide bonds. The number of rotatable bonds is 3. The van der Waals surface area contributed by atoms with Gasteiger partial charge in [-0.2, -0.15) is 0 Å². The van der Waals surface area contributed by atoms with Crippen LogP contribution >= 0.6 is 0 Å². The van der Waals surface area contributed by atoms with Gasteiger partial charge in [-0.05, 0) is 37.8 Å². The number of carboxylic acid groups (broad SMARTS) is 1. The predicted octanol–water partition coefficient (Wildman–Crippen LogP) is 1.41. The lowest BCUT2D eigenvalue weighted by Crippen LogP contribution is -2.53. The Labute approximate surface area is 111 Å². The van der Waals surface area contributed by atoms with Crippen LogP contribution in [0.25, 0.3) is 0 Å². The molecular weight excluding hydrogens is 242 g/mol. The first-order valence-electron chi connectivity index (χ1n) is 6.15. The molecule has 4 nitrogen and oxygen atoms in total. The lowest BCUT2D eigenvalue weighted by atomic mass is 9.96. The number of amides is 1. The van der Waals surface area contributed by atoms with Gasteiger partial charge in [0.1, 0.15) is 5.54 Å². The van der Waals surface area contributed by atoms with Crippen molar-refractivity contribution < 1.29 is 14.7 Å². The zero-order valence-electron chi connectivity index (χ0n) is 10.6. The Morgan fingerprint density at radius 1 is 1.32 bits per heavy atom. The summed E-state index contributed by atoms with van der Waals surface area (Å²) in [6, 6.07) is 9.09. The summed E-state index contributed by atoms with van der Waals surface area (Å²) >= 11 is 0. The monoisotopic (exact) mass is 257 g/mol. The van der Waals surface area contributed by atoms with E-state index in [9.17, 15) is 14.7 Å². The molecule has 0 aromatic heterocycles. The van der Waals surface area contributed by atoms with Crippen LogP contribution in [0, 0.1) is 17.8 Å². The largest absolute Gasteiger partial charge is 0.480 e. The van der Waals surface area contributed by atoms with Crippen molar-refractivity contribution in [3.63, 3.8) is 0 Å². The van der Waals surface area contributed by atoms with E-state index in [-0.39, 0.29) is 5.92 Å². The van der Waals surface area contributed by atoms with Crippen LogP contribution in [0.5, 0.6) is 0 Å². The van der Waals surface area contributed by atoms with Gasteiger partial charge in [0.25, 0.3) is 5.91 Å². The highest BCUT2D eigenvalue weighted by atomic mass is 16.4. The zero-order valence-corrected chi connectivity index (χ0v) is 10.6. The Morgan fingerprint density at radius 2 is 1.95 bits per heavy atom. The minimum Gasteiger partial charge on any atom is -0.480 e. The van der Waals surface area contributed by atoms with Gasteiger partial charge in [-0.15, -0.1) is 0 Å². The molecule has 0 aliphatic heterocycles. The minimum atomic E-state index is -1.21. The Morgan fingerprint density at radius 3 is 2.47 bits per heavy atom. The maximum Gasteiger partial charge on any atom is 0.329 e. The van der Waals surface area contributed by atoms with E-state index in [1.165, 1.54) is 6.92 Å². The lowest BCUT2D eigenvalue weighted by molar-refractivity contribution is -0.147. The number of nitrogens with one attached hydrogen (secondary N) is 1. The maximum atomic E-state index is 11.7. The Bertz CT molecular complexity index is 552. The molecule has 1 aromatic rings. The first-order chi connectivity index (χ1) is 9.02. The molecule has 1 aliphatic carbocycles. The Balaban J connectivity index is 2.05. The summed E-state index contributed by atoms with van der Waals surface area (Å²) in [5.41, 5.74) is -0.483. The van der Waals surface area contributed by atoms with Crippen molar-refractivity contribution in [1.82, 2.24) is 5.32 Å². The molecule has 2 N–H and O–H groups in total. The van der Waals surface area contributed by atoms with Crippen molar-refractivity contribution in [2.24, 2.45) is 5.92 Å². The van der Waals surface area contributed by atoms with Crippen LogP contribution in [-0.2, 0) is 9.59 Å². The van der Waals surface area contributed by atoms with E-state index in [1.54, 1.807) is 12.1 Å². The van der Waals surface area contributed by atoms with E-state index >= 15 is 0 Å². The van der Waals surface area contributed by atoms with Crippen molar-refractivity contribution in [1.29, 1.82) is 0 Å². The molecule has 2 rings (SSSR count). The van der Waals surface area contributed by atoms with Gasteiger partial charge >= 0.3 is 5.97 Å². The molecule has 1 fully saturated rings. The second-order valence-electron chi connectivity index (χ2n) is 4.85. The van der Waals surface area contributed by atoms with Gasteiger partial charge in [0.15, 0.2) is 0 Å². The summed E-state index contributed by atoms with van der Waals surface area (Å²) in [6.45, 7) is 1.54. The van der Waals surface area contributed by atoms with Gasteiger partial charge in [-0.3, -0.25) is 4.79 Å². The van der Waals surface area contributed by atoms with Gasteiger partial charge in [0.05, 0.1) is 0 Å². The standard InChI is InChI=1S/C15H15NO3/c1-15(14(18)19,12-8-9-12)16-13(17)10-7-11-5-3-2-4-6-11/h2-6,12H,8-9H2,1H3,(H,16,17)(H,18,19). The summed E-state index contributed by atoms with van der Waals surface area (Å²) in [7, 11) is 0. The van der Waals surface area contributed by atoms with E-state index in [4.69, 9.17) is 0 Å². The van der Waals surface area contributed by atoms with E-state index in [0.29, 0.717) is 0 Å². The fourth-order valence-electron chi connectivity index (χ4n) is 1.91. The smallest absolute Gasteiger partial charge is 0.329 e. The molecule has 19 heavy (non-hydrogen) atoms. The average molecular weight is 257 g/mol. The predicted molar refractivity (Wildman–Crippen MR) is 70.2 cm³/mol. The molecule has 98 valence electrons. The van der Waals surface area contributed by atoms with Crippen molar-refractivity contribution >= 4 is 11.9 Å². The first kappa shape index (κ1) is 13.2. The molecule has 0 spiro atoms. The second kappa shape index (κ2) is 5.15. The first-order valence-corrected chi connectivity index (χ1v) is 6.15. The third-order valence-electron chi connectivity index (χ3n) is 3.31. The molecule has 0 heterocycles. The topological polar surface area (TPSA) is 66.4 Å². The number of carbonyl (C=O) groups is 2. The highest BCUT2D eigenvalue weighted by Gasteiger charge is 2.48. The van der Waals surface area contributed by atoms with Crippen LogP contribution in [0.3, 0.4) is 0 Å². The number of hydrogen-bond acceptors (Lipinski definition) is 2. The number of hydrogen-bond donors (Lipinski definition) is 2. The van der Waals surface area contributed by atoms with Crippen LogP contribution in [0.1, 0.15) is 25.3 Å². The molecular formula is C15H15NO3. The number of carboxylic acids is 1. The molecule has 1 unspecified atom stereocenters. The van der Waals surface area contributed by atoms with Gasteiger partial charge < -0.3 is 10.4 Å². The van der Waals surface area contributed by atoms with Crippen molar-refractivity contribution in [3.8, 4) is 11.8 Å². The van der Waals surface area contributed by atoms with Crippen LogP contribution in [-0.4, -0.2) is 22.5 Å². The highest BCUT2D eigenvalue weighted by molar-refractivity contribution is 5.97. The van der Waals surface area contributed by atoms with E-state index in [2.05, 4.69) is 17.2 Å². The normalized spacial score (nSPS) is 16.7. The minimum absolute atomic E-state index is 0.00692. The Kier molecular flexibility index (Phi) is 3.57. The molecule has 1 atom stereocenters. The zero-order chi connectivity index (χ0) is 13.9. The highest BCUT2D eigenvalue weighted by Crippen LogP contribution is 2.39. The summed E-state index contributed by atoms with van der Waals surface area (Å²) < 4.78 is 0. The third kappa shape index (κ3) is 3.14. The summed E-state index contributed by atoms with van der Waals surface area (Å²) in [4.78, 5) is 23.0. The maximum absolute atomic E-state index is 11.7. The Hall–Kier alpha value is -2.28. The van der Waals surface area contributed by atoms with Crippen LogP contribution in [0.4, 0.5) is 0 Å². The van der Waals surface area contributed by atoms with E-state index in [0.717, 1.165) is 18.4 Å². The quantitative estimate of drug-likeness (QED) is 0.804. The van der Waals surface area contributed by atoms with Gasteiger partial charge in [0.2, 0.25) is 0 Å². The molecule has 4 heteroatoms. The van der Waals surface area contributed by atoms with Crippen LogP contribution in [0.15, 0.2) is 30.3 Å². The fraction of sp³-hybridized carbons (Fsp3) is 0.333. The molecule has 1 saturated carbocycles. The van der Waals surface area contributed by atoms with E-state index in [1.807, 2.05) is 18.2 Å². The van der Waals surface area contributed by atoms with Crippen LogP contribution < -0.4 is 5.32 Å². The van der Waals surface area contributed by atoms with Crippen molar-refractivity contribution in [3.05, 3.63) is 35.9 Å². The number of benzene rings is 1. The van der Waals surface area contributed by atoms with Gasteiger partial charge in [-0.25, -0.2) is 4.79 Å². The van der Waals surface area contributed by atoms with Crippen molar-refractivity contribution in [2.75, 3.05) is 0 Å². The molecule has 1 aliphatic rings. The molecule has 0 radical (unpaired) electrons. The SMILES string of the molecule is CC(NC(=O)C#Cc1ccccc1)(C(=O)O)C1CC1. The summed E-state index contributed by atoms with van der Waals surface area (Å²) in [5.74, 6) is 3.58. The van der Waals surface area contributed by atoms with Crippen LogP contribution in [0.2, 0.25) is 0 Å². The van der Waals surface area contributed by atoms with E-state index < -0.39 is 17.4 Å². The number of carbonyl (C=O) groups excluding carboxylic acids is 1. The average Bonchev–Trinajstić information content (AvgIpc) is 3.22. The number of aliphatic carboxylic acids is 1. The lowest BCUT2D eigenvalue weighted by Gasteiger charge is -2.24. The molecule has 1 aromatic carbocycles. The third-order valence-corrected chi connectivity index (χ3v) is 3.31. The van der Waals surface area contributed by atoms with Gasteiger partial charge in [-0.1, -0.05) is 24.1 Å². The molecule has 0 bridgehead atoms. The summed E-state index contributed by atoms with van der Waals surface area (Å²) in [5, 5.41) is 11.7. The van der Waals surface area contributed by atoms with Crippen molar-refractivity contribution in [2.45, 2.75) is 25.3 Å². The second-order valence-corrected chi connectivity index (χ2v) is 4.85. The summed E-state index contributed by atoms with van der Waals surface area (Å²) in [6.07, 6.45) is 1.66. The van der Waals surface area contributed by atoms with Gasteiger partial charge in [0, 0.05) is 11.5 Å². The molecule has 0 saturated heterocycles. The fourth-order valence-corrected chi connectivity index (χ4v) is 1.91.